The minimum atomic E-state index is -0.320. The summed E-state index contributed by atoms with van der Waals surface area (Å²) >= 11 is 0. The molecule has 94 valence electrons. The molecule has 4 N–H and O–H groups in total. The quantitative estimate of drug-likeness (QED) is 0.620. The summed E-state index contributed by atoms with van der Waals surface area (Å²) < 4.78 is 0. The largest absolute Gasteiger partial charge is 0.369 e. The molecular weight excluding hydrogens is 244 g/mol. The van der Waals surface area contributed by atoms with Crippen LogP contribution in [-0.2, 0) is 9.59 Å². The van der Waals surface area contributed by atoms with Crippen molar-refractivity contribution in [3.8, 4) is 0 Å². The number of hydrogen-bond acceptors (Lipinski definition) is 4. The van der Waals surface area contributed by atoms with E-state index in [4.69, 9.17) is 11.5 Å². The fourth-order valence-corrected chi connectivity index (χ4v) is 4.21. The summed E-state index contributed by atoms with van der Waals surface area (Å²) in [6.45, 7) is 4.00. The normalized spacial score (nSPS) is 14.4. The lowest BCUT2D eigenvalue weighted by Crippen LogP contribution is -2.28. The van der Waals surface area contributed by atoms with Crippen LogP contribution >= 0.6 is 21.6 Å². The highest BCUT2D eigenvalue weighted by molar-refractivity contribution is 8.77. The van der Waals surface area contributed by atoms with Gasteiger partial charge in [0.15, 0.2) is 0 Å². The van der Waals surface area contributed by atoms with Crippen molar-refractivity contribution in [2.45, 2.75) is 50.0 Å². The second-order valence-corrected chi connectivity index (χ2v) is 6.23. The van der Waals surface area contributed by atoms with E-state index in [9.17, 15) is 9.59 Å². The van der Waals surface area contributed by atoms with Gasteiger partial charge in [0.05, 0.1) is 10.5 Å². The summed E-state index contributed by atoms with van der Waals surface area (Å²) in [5, 5.41) is -0.456. The van der Waals surface area contributed by atoms with Crippen LogP contribution in [-0.4, -0.2) is 22.3 Å². The van der Waals surface area contributed by atoms with Crippen molar-refractivity contribution >= 4 is 33.4 Å². The van der Waals surface area contributed by atoms with Crippen molar-refractivity contribution in [3.05, 3.63) is 0 Å². The minimum absolute atomic E-state index is 0.228. The van der Waals surface area contributed by atoms with Crippen LogP contribution in [0.1, 0.15) is 39.5 Å². The Labute approximate surface area is 105 Å². The van der Waals surface area contributed by atoms with Crippen LogP contribution < -0.4 is 11.5 Å². The highest BCUT2D eigenvalue weighted by Gasteiger charge is 2.21. The summed E-state index contributed by atoms with van der Waals surface area (Å²) in [6, 6.07) is 0. The molecule has 0 heterocycles. The first-order valence-corrected chi connectivity index (χ1v) is 7.71. The van der Waals surface area contributed by atoms with Crippen LogP contribution in [0, 0.1) is 0 Å². The fraction of sp³-hybridized carbons (Fsp3) is 0.800. The highest BCUT2D eigenvalue weighted by atomic mass is 33.1. The number of carbonyl (C=O) groups excluding carboxylic acids is 2. The van der Waals surface area contributed by atoms with Gasteiger partial charge in [-0.2, -0.15) is 0 Å². The molecule has 0 aromatic carbocycles. The summed E-state index contributed by atoms with van der Waals surface area (Å²) in [6.07, 6.45) is 3.28. The van der Waals surface area contributed by atoms with Gasteiger partial charge in [0.1, 0.15) is 0 Å². The lowest BCUT2D eigenvalue weighted by Gasteiger charge is -2.15. The van der Waals surface area contributed by atoms with Crippen LogP contribution in [0.25, 0.3) is 0 Å². The molecule has 6 heteroatoms. The van der Waals surface area contributed by atoms with Crippen molar-refractivity contribution in [1.82, 2.24) is 0 Å². The molecule has 2 amide bonds. The first-order chi connectivity index (χ1) is 7.52. The molecule has 16 heavy (non-hydrogen) atoms. The summed E-state index contributed by atoms with van der Waals surface area (Å²) in [7, 11) is 2.74. The molecule has 0 saturated heterocycles. The molecule has 0 spiro atoms. The second-order valence-electron chi connectivity index (χ2n) is 3.55. The van der Waals surface area contributed by atoms with E-state index in [-0.39, 0.29) is 22.3 Å². The molecule has 0 fully saturated rings. The van der Waals surface area contributed by atoms with E-state index in [1.807, 2.05) is 13.8 Å². The average molecular weight is 264 g/mol. The Morgan fingerprint density at radius 2 is 1.25 bits per heavy atom. The van der Waals surface area contributed by atoms with Gasteiger partial charge in [0.2, 0.25) is 11.8 Å². The Morgan fingerprint density at radius 1 is 0.938 bits per heavy atom. The van der Waals surface area contributed by atoms with E-state index in [1.54, 1.807) is 0 Å². The van der Waals surface area contributed by atoms with E-state index in [0.717, 1.165) is 25.7 Å². The monoisotopic (exact) mass is 264 g/mol. The molecule has 0 bridgehead atoms. The van der Waals surface area contributed by atoms with E-state index >= 15 is 0 Å². The van der Waals surface area contributed by atoms with Crippen molar-refractivity contribution in [1.29, 1.82) is 0 Å². The number of nitrogens with two attached hydrogens (primary N) is 2. The predicted molar refractivity (Wildman–Crippen MR) is 71.0 cm³/mol. The molecule has 2 unspecified atom stereocenters. The van der Waals surface area contributed by atoms with Gasteiger partial charge < -0.3 is 11.5 Å². The van der Waals surface area contributed by atoms with Crippen LogP contribution in [0.3, 0.4) is 0 Å². The van der Waals surface area contributed by atoms with E-state index in [0.29, 0.717) is 0 Å². The van der Waals surface area contributed by atoms with Crippen LogP contribution in [0.5, 0.6) is 0 Å². The van der Waals surface area contributed by atoms with Crippen molar-refractivity contribution in [3.63, 3.8) is 0 Å². The van der Waals surface area contributed by atoms with Crippen molar-refractivity contribution < 1.29 is 9.59 Å². The van der Waals surface area contributed by atoms with Gasteiger partial charge in [-0.3, -0.25) is 9.59 Å². The summed E-state index contributed by atoms with van der Waals surface area (Å²) in [4.78, 5) is 22.2. The lowest BCUT2D eigenvalue weighted by molar-refractivity contribution is -0.118. The lowest BCUT2D eigenvalue weighted by atomic mass is 10.2. The smallest absolute Gasteiger partial charge is 0.231 e. The number of rotatable bonds is 9. The van der Waals surface area contributed by atoms with Gasteiger partial charge in [-0.1, -0.05) is 48.3 Å². The van der Waals surface area contributed by atoms with Crippen molar-refractivity contribution in [2.75, 3.05) is 0 Å². The maximum Gasteiger partial charge on any atom is 0.231 e. The maximum absolute atomic E-state index is 11.1. The zero-order chi connectivity index (χ0) is 12.6. The van der Waals surface area contributed by atoms with Gasteiger partial charge in [-0.15, -0.1) is 0 Å². The molecule has 0 saturated carbocycles. The maximum atomic E-state index is 11.1. The third-order valence-electron chi connectivity index (χ3n) is 2.02. The van der Waals surface area contributed by atoms with Crippen LogP contribution in [0.4, 0.5) is 0 Å². The SMILES string of the molecule is CCCC(SSC(CCC)C(N)=O)C(N)=O. The van der Waals surface area contributed by atoms with E-state index in [2.05, 4.69) is 0 Å². The third kappa shape index (κ3) is 6.27. The Hall–Kier alpha value is -0.360. The molecule has 4 nitrogen and oxygen atoms in total. The Kier molecular flexibility index (Phi) is 8.56. The van der Waals surface area contributed by atoms with Gasteiger partial charge in [-0.05, 0) is 12.8 Å². The average Bonchev–Trinajstić information content (AvgIpc) is 2.21. The first-order valence-electron chi connectivity index (χ1n) is 5.43. The number of primary amides is 2. The topological polar surface area (TPSA) is 86.2 Å². The summed E-state index contributed by atoms with van der Waals surface area (Å²) in [5.41, 5.74) is 10.5. The van der Waals surface area contributed by atoms with E-state index in [1.165, 1.54) is 21.6 Å². The summed E-state index contributed by atoms with van der Waals surface area (Å²) in [5.74, 6) is -0.641. The van der Waals surface area contributed by atoms with E-state index < -0.39 is 0 Å². The number of carbonyl (C=O) groups is 2. The van der Waals surface area contributed by atoms with Gasteiger partial charge in [0, 0.05) is 0 Å². The zero-order valence-corrected chi connectivity index (χ0v) is 11.4. The molecule has 2 atom stereocenters. The standard InChI is InChI=1S/C10H20N2O2S2/c1-3-5-7(9(11)13)15-16-8(6-4-2)10(12)14/h7-8H,3-6H2,1-2H3,(H2,11,13)(H2,12,14). The Balaban J connectivity index is 4.14. The number of amides is 2. The fourth-order valence-electron chi connectivity index (χ4n) is 1.13. The van der Waals surface area contributed by atoms with Crippen LogP contribution in [0.15, 0.2) is 0 Å². The molecular formula is C10H20N2O2S2. The Morgan fingerprint density at radius 3 is 1.44 bits per heavy atom. The van der Waals surface area contributed by atoms with Gasteiger partial charge >= 0.3 is 0 Å². The first kappa shape index (κ1) is 15.6. The molecule has 0 aliphatic rings. The Bertz CT molecular complexity index is 213. The third-order valence-corrected chi connectivity index (χ3v) is 5.26. The van der Waals surface area contributed by atoms with Gasteiger partial charge in [-0.25, -0.2) is 0 Å². The molecule has 0 radical (unpaired) electrons. The van der Waals surface area contributed by atoms with Crippen molar-refractivity contribution in [2.24, 2.45) is 11.5 Å². The highest BCUT2D eigenvalue weighted by Crippen LogP contribution is 2.34. The molecule has 0 aromatic rings. The molecule has 0 aromatic heterocycles. The number of hydrogen-bond donors (Lipinski definition) is 2. The van der Waals surface area contributed by atoms with Crippen LogP contribution in [0.2, 0.25) is 0 Å². The van der Waals surface area contributed by atoms with Gasteiger partial charge in [0.25, 0.3) is 0 Å². The molecule has 0 aliphatic carbocycles. The predicted octanol–water partition coefficient (Wildman–Crippen LogP) is 1.68. The second kappa shape index (κ2) is 8.75. The molecule has 0 aliphatic heterocycles. The minimum Gasteiger partial charge on any atom is -0.369 e. The molecule has 0 rings (SSSR count). The zero-order valence-electron chi connectivity index (χ0n) is 9.77.